The van der Waals surface area contributed by atoms with Crippen molar-refractivity contribution in [1.82, 2.24) is 15.5 Å². The third-order valence-corrected chi connectivity index (χ3v) is 3.31. The van der Waals surface area contributed by atoms with Crippen LogP contribution in [0.5, 0.6) is 0 Å². The Labute approximate surface area is 123 Å². The van der Waals surface area contributed by atoms with Crippen LogP contribution in [0, 0.1) is 0 Å². The normalized spacial score (nSPS) is 15.6. The summed E-state index contributed by atoms with van der Waals surface area (Å²) in [4.78, 5) is 34.9. The minimum atomic E-state index is -0.872. The lowest BCUT2D eigenvalue weighted by molar-refractivity contribution is -0.138. The SMILES string of the molecule is CNC(=O)CCNC(=O)N1CCC(OCCC(=O)O)CC1. The fourth-order valence-electron chi connectivity index (χ4n) is 2.06. The van der Waals surface area contributed by atoms with Gasteiger partial charge in [-0.15, -0.1) is 0 Å². The van der Waals surface area contributed by atoms with Crippen molar-refractivity contribution in [3.63, 3.8) is 0 Å². The molecule has 0 spiro atoms. The van der Waals surface area contributed by atoms with Gasteiger partial charge in [-0.1, -0.05) is 0 Å². The van der Waals surface area contributed by atoms with E-state index in [-0.39, 0.29) is 37.5 Å². The summed E-state index contributed by atoms with van der Waals surface area (Å²) in [6.07, 6.45) is 1.67. The molecule has 1 aliphatic heterocycles. The Balaban J connectivity index is 2.15. The van der Waals surface area contributed by atoms with E-state index in [4.69, 9.17) is 9.84 Å². The van der Waals surface area contributed by atoms with Crippen molar-refractivity contribution in [2.45, 2.75) is 31.8 Å². The summed E-state index contributed by atoms with van der Waals surface area (Å²) in [6.45, 7) is 1.67. The van der Waals surface area contributed by atoms with Crippen LogP contribution in [-0.2, 0) is 14.3 Å². The predicted octanol–water partition coefficient (Wildman–Crippen LogP) is -0.212. The number of carbonyl (C=O) groups excluding carboxylic acids is 2. The van der Waals surface area contributed by atoms with Crippen molar-refractivity contribution < 1.29 is 24.2 Å². The number of nitrogens with one attached hydrogen (secondary N) is 2. The number of hydrogen-bond donors (Lipinski definition) is 3. The summed E-state index contributed by atoms with van der Waals surface area (Å²) in [5.74, 6) is -0.983. The zero-order valence-electron chi connectivity index (χ0n) is 12.3. The predicted molar refractivity (Wildman–Crippen MR) is 74.9 cm³/mol. The molecule has 21 heavy (non-hydrogen) atoms. The second kappa shape index (κ2) is 9.17. The van der Waals surface area contributed by atoms with Crippen LogP contribution in [-0.4, -0.2) is 67.3 Å². The maximum atomic E-state index is 11.8. The number of rotatable bonds is 7. The van der Waals surface area contributed by atoms with Gasteiger partial charge in [-0.25, -0.2) is 4.79 Å². The average molecular weight is 301 g/mol. The number of piperidine rings is 1. The first-order chi connectivity index (χ1) is 10.0. The van der Waals surface area contributed by atoms with Crippen LogP contribution in [0.15, 0.2) is 0 Å². The number of carboxylic acids is 1. The molecule has 3 amide bonds. The summed E-state index contributed by atoms with van der Waals surface area (Å²) in [5, 5.41) is 13.7. The number of amides is 3. The highest BCUT2D eigenvalue weighted by Crippen LogP contribution is 2.14. The smallest absolute Gasteiger partial charge is 0.317 e. The Hall–Kier alpha value is -1.83. The number of aliphatic carboxylic acids is 1. The standard InChI is InChI=1S/C13H23N3O5/c1-14-11(17)2-6-15-13(20)16-7-3-10(4-8-16)21-9-5-12(18)19/h10H,2-9H2,1H3,(H,14,17)(H,15,20)(H,18,19). The van der Waals surface area contributed by atoms with Crippen molar-refractivity contribution in [2.24, 2.45) is 0 Å². The number of hydrogen-bond acceptors (Lipinski definition) is 4. The van der Waals surface area contributed by atoms with Gasteiger partial charge < -0.3 is 25.4 Å². The molecule has 1 aliphatic rings. The van der Waals surface area contributed by atoms with Gasteiger partial charge in [-0.05, 0) is 12.8 Å². The monoisotopic (exact) mass is 301 g/mol. The van der Waals surface area contributed by atoms with Crippen LogP contribution >= 0.6 is 0 Å². The second-order valence-electron chi connectivity index (χ2n) is 4.86. The first-order valence-corrected chi connectivity index (χ1v) is 7.09. The van der Waals surface area contributed by atoms with Gasteiger partial charge in [0, 0.05) is 33.1 Å². The molecule has 0 atom stereocenters. The first-order valence-electron chi connectivity index (χ1n) is 7.09. The van der Waals surface area contributed by atoms with Crippen LogP contribution in [0.25, 0.3) is 0 Å². The summed E-state index contributed by atoms with van der Waals surface area (Å²) in [7, 11) is 1.55. The van der Waals surface area contributed by atoms with E-state index in [0.717, 1.165) is 0 Å². The molecule has 0 aromatic carbocycles. The van der Waals surface area contributed by atoms with Gasteiger partial charge in [-0.2, -0.15) is 0 Å². The second-order valence-corrected chi connectivity index (χ2v) is 4.86. The number of likely N-dealkylation sites (tertiary alicyclic amines) is 1. The topological polar surface area (TPSA) is 108 Å². The third-order valence-electron chi connectivity index (χ3n) is 3.31. The Morgan fingerprint density at radius 2 is 1.90 bits per heavy atom. The van der Waals surface area contributed by atoms with Gasteiger partial charge in [0.2, 0.25) is 5.91 Å². The van der Waals surface area contributed by atoms with E-state index in [1.165, 1.54) is 0 Å². The maximum absolute atomic E-state index is 11.8. The first kappa shape index (κ1) is 17.2. The van der Waals surface area contributed by atoms with Gasteiger partial charge in [0.15, 0.2) is 0 Å². The Morgan fingerprint density at radius 1 is 1.24 bits per heavy atom. The zero-order chi connectivity index (χ0) is 15.7. The number of carbonyl (C=O) groups is 3. The highest BCUT2D eigenvalue weighted by atomic mass is 16.5. The highest BCUT2D eigenvalue weighted by molar-refractivity contribution is 5.78. The number of nitrogens with zero attached hydrogens (tertiary/aromatic N) is 1. The van der Waals surface area contributed by atoms with E-state index in [1.54, 1.807) is 11.9 Å². The molecule has 0 aliphatic carbocycles. The van der Waals surface area contributed by atoms with Crippen molar-refractivity contribution in [1.29, 1.82) is 0 Å². The fourth-order valence-corrected chi connectivity index (χ4v) is 2.06. The van der Waals surface area contributed by atoms with Gasteiger partial charge in [0.05, 0.1) is 19.1 Å². The molecule has 1 saturated heterocycles. The summed E-state index contributed by atoms with van der Waals surface area (Å²) in [6, 6.07) is -0.178. The highest BCUT2D eigenvalue weighted by Gasteiger charge is 2.23. The molecule has 0 aromatic rings. The molecule has 120 valence electrons. The fraction of sp³-hybridized carbons (Fsp3) is 0.769. The van der Waals surface area contributed by atoms with E-state index in [2.05, 4.69) is 10.6 Å². The molecular weight excluding hydrogens is 278 g/mol. The molecule has 0 radical (unpaired) electrons. The molecule has 1 heterocycles. The van der Waals surface area contributed by atoms with E-state index < -0.39 is 5.97 Å². The van der Waals surface area contributed by atoms with Crippen molar-refractivity contribution in [3.8, 4) is 0 Å². The zero-order valence-corrected chi connectivity index (χ0v) is 12.3. The minimum Gasteiger partial charge on any atom is -0.481 e. The summed E-state index contributed by atoms with van der Waals surface area (Å²) in [5.41, 5.74) is 0. The summed E-state index contributed by atoms with van der Waals surface area (Å²) < 4.78 is 5.46. The lowest BCUT2D eigenvalue weighted by atomic mass is 10.1. The van der Waals surface area contributed by atoms with Crippen LogP contribution in [0.2, 0.25) is 0 Å². The summed E-state index contributed by atoms with van der Waals surface area (Å²) >= 11 is 0. The van der Waals surface area contributed by atoms with E-state index >= 15 is 0 Å². The molecule has 0 unspecified atom stereocenters. The lowest BCUT2D eigenvalue weighted by Gasteiger charge is -2.31. The lowest BCUT2D eigenvalue weighted by Crippen LogP contribution is -2.46. The number of carboxylic acid groups (broad SMARTS) is 1. The van der Waals surface area contributed by atoms with Crippen molar-refractivity contribution in [2.75, 3.05) is 33.3 Å². The molecule has 0 saturated carbocycles. The minimum absolute atomic E-state index is 0.000192. The van der Waals surface area contributed by atoms with Gasteiger partial charge >= 0.3 is 12.0 Å². The molecule has 8 heteroatoms. The van der Waals surface area contributed by atoms with Crippen LogP contribution in [0.1, 0.15) is 25.7 Å². The molecule has 1 fully saturated rings. The molecule has 0 aromatic heterocycles. The molecule has 8 nitrogen and oxygen atoms in total. The molecule has 3 N–H and O–H groups in total. The quantitative estimate of drug-likeness (QED) is 0.603. The molecule has 1 rings (SSSR count). The Bertz CT molecular complexity index is 367. The Morgan fingerprint density at radius 3 is 2.48 bits per heavy atom. The van der Waals surface area contributed by atoms with Crippen molar-refractivity contribution >= 4 is 17.9 Å². The maximum Gasteiger partial charge on any atom is 0.317 e. The number of ether oxygens (including phenoxy) is 1. The van der Waals surface area contributed by atoms with Gasteiger partial charge in [0.1, 0.15) is 0 Å². The van der Waals surface area contributed by atoms with Crippen molar-refractivity contribution in [3.05, 3.63) is 0 Å². The average Bonchev–Trinajstić information content (AvgIpc) is 2.47. The van der Waals surface area contributed by atoms with E-state index in [9.17, 15) is 14.4 Å². The van der Waals surface area contributed by atoms with Gasteiger partial charge in [-0.3, -0.25) is 9.59 Å². The van der Waals surface area contributed by atoms with E-state index in [1.807, 2.05) is 0 Å². The van der Waals surface area contributed by atoms with Crippen LogP contribution in [0.4, 0.5) is 4.79 Å². The van der Waals surface area contributed by atoms with Crippen LogP contribution in [0.3, 0.4) is 0 Å². The van der Waals surface area contributed by atoms with Crippen LogP contribution < -0.4 is 10.6 Å². The third kappa shape index (κ3) is 6.94. The van der Waals surface area contributed by atoms with E-state index in [0.29, 0.717) is 32.5 Å². The van der Waals surface area contributed by atoms with Gasteiger partial charge in [0.25, 0.3) is 0 Å². The molecule has 0 bridgehead atoms. The Kier molecular flexibility index (Phi) is 7.52. The number of urea groups is 1. The molecular formula is C13H23N3O5. The largest absolute Gasteiger partial charge is 0.481 e.